The predicted octanol–water partition coefficient (Wildman–Crippen LogP) is 10.8. The van der Waals surface area contributed by atoms with Crippen LogP contribution in [0.15, 0.2) is 152 Å². The first kappa shape index (κ1) is 30.4. The van der Waals surface area contributed by atoms with Crippen LogP contribution in [0.5, 0.6) is 0 Å². The van der Waals surface area contributed by atoms with E-state index >= 15 is 0 Å². The van der Waals surface area contributed by atoms with Gasteiger partial charge in [-0.3, -0.25) is 0 Å². The van der Waals surface area contributed by atoms with E-state index in [1.54, 1.807) is 0 Å². The maximum atomic E-state index is 5.31. The van der Waals surface area contributed by atoms with Crippen molar-refractivity contribution in [2.75, 3.05) is 0 Å². The standard InChI is InChI=1S/C47H39N3/c1-30(32-17-7-5-8-18-32)43-48-44(50-45(49-43)46(3,4)34-19-9-6-10-20-34)31(2)33-27-28-38-37-23-13-16-26-41(37)47(42(38)29-33)39-24-14-11-21-35(39)36-22-12-15-25-40(36)47/h5-31H,1-4H3/t30?,31-/m1/s1. The molecule has 50 heavy (non-hydrogen) atoms. The summed E-state index contributed by atoms with van der Waals surface area (Å²) in [6.45, 7) is 8.88. The summed E-state index contributed by atoms with van der Waals surface area (Å²) in [5.41, 5.74) is 13.4. The molecule has 242 valence electrons. The van der Waals surface area contributed by atoms with E-state index in [-0.39, 0.29) is 17.3 Å². The molecule has 9 rings (SSSR count). The number of hydrogen-bond acceptors (Lipinski definition) is 3. The van der Waals surface area contributed by atoms with Crippen molar-refractivity contribution in [1.82, 2.24) is 15.0 Å². The summed E-state index contributed by atoms with van der Waals surface area (Å²) >= 11 is 0. The lowest BCUT2D eigenvalue weighted by atomic mass is 9.70. The highest BCUT2D eigenvalue weighted by Gasteiger charge is 2.51. The first-order valence-electron chi connectivity index (χ1n) is 17.7. The van der Waals surface area contributed by atoms with Gasteiger partial charge in [-0.1, -0.05) is 166 Å². The van der Waals surface area contributed by atoms with Crippen LogP contribution in [0.25, 0.3) is 22.3 Å². The Balaban J connectivity index is 1.23. The van der Waals surface area contributed by atoms with E-state index in [1.165, 1.54) is 61.2 Å². The number of hydrogen-bond donors (Lipinski definition) is 0. The van der Waals surface area contributed by atoms with Gasteiger partial charge in [-0.25, -0.2) is 15.0 Å². The molecule has 0 bridgehead atoms. The Labute approximate surface area is 294 Å². The fourth-order valence-corrected chi connectivity index (χ4v) is 8.48. The molecule has 0 saturated carbocycles. The molecule has 0 amide bonds. The van der Waals surface area contributed by atoms with Crippen LogP contribution >= 0.6 is 0 Å². The summed E-state index contributed by atoms with van der Waals surface area (Å²) < 4.78 is 0. The van der Waals surface area contributed by atoms with E-state index < -0.39 is 5.41 Å². The van der Waals surface area contributed by atoms with E-state index in [0.717, 1.165) is 17.5 Å². The second-order valence-corrected chi connectivity index (χ2v) is 14.4. The monoisotopic (exact) mass is 645 g/mol. The summed E-state index contributed by atoms with van der Waals surface area (Å²) in [6.07, 6.45) is 0. The van der Waals surface area contributed by atoms with Crippen molar-refractivity contribution in [2.45, 2.75) is 50.4 Å². The van der Waals surface area contributed by atoms with Gasteiger partial charge >= 0.3 is 0 Å². The van der Waals surface area contributed by atoms with Gasteiger partial charge in [0.15, 0.2) is 0 Å². The zero-order valence-electron chi connectivity index (χ0n) is 28.9. The van der Waals surface area contributed by atoms with E-state index in [0.29, 0.717) is 0 Å². The average Bonchev–Trinajstić information content (AvgIpc) is 3.65. The second-order valence-electron chi connectivity index (χ2n) is 14.4. The Morgan fingerprint density at radius 3 is 1.42 bits per heavy atom. The third kappa shape index (κ3) is 4.39. The fraction of sp³-hybridized carbons (Fsp3) is 0.170. The molecule has 3 nitrogen and oxygen atoms in total. The zero-order valence-corrected chi connectivity index (χ0v) is 28.9. The Morgan fingerprint density at radius 2 is 0.880 bits per heavy atom. The van der Waals surface area contributed by atoms with Crippen molar-refractivity contribution in [2.24, 2.45) is 0 Å². The molecule has 0 saturated heterocycles. The van der Waals surface area contributed by atoms with Gasteiger partial charge in [0.25, 0.3) is 0 Å². The summed E-state index contributed by atoms with van der Waals surface area (Å²) in [5.74, 6) is 2.34. The lowest BCUT2D eigenvalue weighted by molar-refractivity contribution is 0.560. The van der Waals surface area contributed by atoms with Crippen LogP contribution in [-0.4, -0.2) is 15.0 Å². The molecule has 6 aromatic carbocycles. The third-order valence-electron chi connectivity index (χ3n) is 11.3. The van der Waals surface area contributed by atoms with E-state index in [4.69, 9.17) is 15.0 Å². The van der Waals surface area contributed by atoms with Crippen molar-refractivity contribution < 1.29 is 0 Å². The summed E-state index contributed by atoms with van der Waals surface area (Å²) in [7, 11) is 0. The van der Waals surface area contributed by atoms with Crippen molar-refractivity contribution in [1.29, 1.82) is 0 Å². The van der Waals surface area contributed by atoms with Crippen LogP contribution in [0.4, 0.5) is 0 Å². The van der Waals surface area contributed by atoms with Crippen molar-refractivity contribution >= 4 is 0 Å². The van der Waals surface area contributed by atoms with Gasteiger partial charge in [0.2, 0.25) is 0 Å². The first-order chi connectivity index (χ1) is 24.4. The van der Waals surface area contributed by atoms with Crippen molar-refractivity contribution in [3.8, 4) is 22.3 Å². The van der Waals surface area contributed by atoms with Crippen LogP contribution in [-0.2, 0) is 10.8 Å². The molecule has 1 spiro atoms. The normalized spacial score (nSPS) is 14.8. The van der Waals surface area contributed by atoms with E-state index in [2.05, 4.69) is 179 Å². The molecule has 0 aliphatic heterocycles. The summed E-state index contributed by atoms with van der Waals surface area (Å²) in [5, 5.41) is 0. The maximum absolute atomic E-state index is 5.31. The summed E-state index contributed by atoms with van der Waals surface area (Å²) in [4.78, 5) is 15.8. The molecule has 1 heterocycles. The summed E-state index contributed by atoms with van der Waals surface area (Å²) in [6, 6.07) is 55.1. The molecular formula is C47H39N3. The van der Waals surface area contributed by atoms with Gasteiger partial charge in [0, 0.05) is 17.3 Å². The molecule has 2 aliphatic rings. The van der Waals surface area contributed by atoms with Crippen molar-refractivity contribution in [3.63, 3.8) is 0 Å². The molecule has 1 aromatic heterocycles. The fourth-order valence-electron chi connectivity index (χ4n) is 8.48. The van der Waals surface area contributed by atoms with Crippen LogP contribution in [0.1, 0.15) is 95.9 Å². The van der Waals surface area contributed by atoms with Crippen LogP contribution in [0.2, 0.25) is 0 Å². The first-order valence-corrected chi connectivity index (χ1v) is 17.7. The van der Waals surface area contributed by atoms with Gasteiger partial charge in [-0.15, -0.1) is 0 Å². The molecule has 2 atom stereocenters. The van der Waals surface area contributed by atoms with Gasteiger partial charge in [-0.2, -0.15) is 0 Å². The molecule has 2 aliphatic carbocycles. The Bertz CT molecular complexity index is 2330. The molecule has 7 aromatic rings. The quantitative estimate of drug-likeness (QED) is 0.181. The number of benzene rings is 6. The SMILES string of the molecule is CC(c1ccccc1)c1nc([C@H](C)c2ccc3c(c2)C2(c4ccccc4-c4ccccc42)c2ccccc2-3)nc(C(C)(C)c2ccccc2)n1. The molecule has 3 heteroatoms. The predicted molar refractivity (Wildman–Crippen MR) is 203 cm³/mol. The highest BCUT2D eigenvalue weighted by atomic mass is 15.1. The number of aromatic nitrogens is 3. The zero-order chi connectivity index (χ0) is 34.0. The van der Waals surface area contributed by atoms with E-state index in [9.17, 15) is 0 Å². The Kier molecular flexibility index (Phi) is 6.96. The van der Waals surface area contributed by atoms with Gasteiger partial charge in [-0.05, 0) is 75.0 Å². The number of nitrogens with zero attached hydrogens (tertiary/aromatic N) is 3. The molecule has 0 fully saturated rings. The Morgan fingerprint density at radius 1 is 0.440 bits per heavy atom. The van der Waals surface area contributed by atoms with Crippen LogP contribution < -0.4 is 0 Å². The van der Waals surface area contributed by atoms with Crippen LogP contribution in [0.3, 0.4) is 0 Å². The molecule has 1 unspecified atom stereocenters. The third-order valence-corrected chi connectivity index (χ3v) is 11.3. The number of rotatable bonds is 6. The minimum atomic E-state index is -0.412. The van der Waals surface area contributed by atoms with Gasteiger partial charge in [0.1, 0.15) is 17.5 Å². The highest BCUT2D eigenvalue weighted by Crippen LogP contribution is 2.62. The van der Waals surface area contributed by atoms with Crippen LogP contribution in [0, 0.1) is 0 Å². The molecule has 0 radical (unpaired) electrons. The molecular weight excluding hydrogens is 607 g/mol. The Hall–Kier alpha value is -5.67. The second kappa shape index (κ2) is 11.5. The van der Waals surface area contributed by atoms with Gasteiger partial charge < -0.3 is 0 Å². The van der Waals surface area contributed by atoms with E-state index in [1.807, 2.05) is 0 Å². The topological polar surface area (TPSA) is 38.7 Å². The average molecular weight is 646 g/mol. The van der Waals surface area contributed by atoms with Crippen molar-refractivity contribution in [3.05, 3.63) is 208 Å². The highest BCUT2D eigenvalue weighted by molar-refractivity contribution is 5.95. The lowest BCUT2D eigenvalue weighted by Crippen LogP contribution is -2.26. The van der Waals surface area contributed by atoms with Gasteiger partial charge in [0.05, 0.1) is 5.41 Å². The lowest BCUT2D eigenvalue weighted by Gasteiger charge is -2.31. The molecule has 0 N–H and O–H groups in total. The number of fused-ring (bicyclic) bond motifs is 10. The maximum Gasteiger partial charge on any atom is 0.142 e. The smallest absolute Gasteiger partial charge is 0.142 e. The minimum absolute atomic E-state index is 0.0137. The minimum Gasteiger partial charge on any atom is -0.217 e. The largest absolute Gasteiger partial charge is 0.217 e.